The Balaban J connectivity index is 2.21. The van der Waals surface area contributed by atoms with Crippen LogP contribution in [-0.4, -0.2) is 56.0 Å². The number of aromatic nitrogens is 3. The molecule has 1 aromatic heterocycles. The smallest absolute Gasteiger partial charge is 0.251 e. The van der Waals surface area contributed by atoms with Gasteiger partial charge in [0, 0.05) is 18.2 Å². The van der Waals surface area contributed by atoms with Crippen molar-refractivity contribution in [3.8, 4) is 11.4 Å². The Labute approximate surface area is 221 Å². The van der Waals surface area contributed by atoms with Crippen LogP contribution in [-0.2, 0) is 11.3 Å². The zero-order chi connectivity index (χ0) is 27.3. The summed E-state index contributed by atoms with van der Waals surface area (Å²) in [5, 5.41) is 15.2. The maximum atomic E-state index is 14.1. The van der Waals surface area contributed by atoms with Gasteiger partial charge in [-0.3, -0.25) is 4.79 Å². The van der Waals surface area contributed by atoms with Gasteiger partial charge in [0.25, 0.3) is 5.91 Å². The molecule has 0 spiro atoms. The number of amides is 1. The summed E-state index contributed by atoms with van der Waals surface area (Å²) in [4.78, 5) is 19.5. The molecule has 3 atom stereocenters. The molecule has 37 heavy (non-hydrogen) atoms. The summed E-state index contributed by atoms with van der Waals surface area (Å²) in [7, 11) is 0. The van der Waals surface area contributed by atoms with E-state index in [2.05, 4.69) is 5.10 Å². The quantitative estimate of drug-likeness (QED) is 0.391. The zero-order valence-corrected chi connectivity index (χ0v) is 22.3. The first kappa shape index (κ1) is 28.7. The van der Waals surface area contributed by atoms with Crippen molar-refractivity contribution in [2.75, 3.05) is 13.2 Å². The topological polar surface area (TPSA) is 97.3 Å². The lowest BCUT2D eigenvalue weighted by Gasteiger charge is -2.40. The van der Waals surface area contributed by atoms with Crippen LogP contribution >= 0.6 is 11.6 Å². The second kappa shape index (κ2) is 12.1. The first-order valence-corrected chi connectivity index (χ1v) is 12.5. The van der Waals surface area contributed by atoms with Crippen LogP contribution in [0.4, 0.5) is 8.78 Å². The Morgan fingerprint density at radius 3 is 2.49 bits per heavy atom. The molecule has 0 radical (unpaired) electrons. The van der Waals surface area contributed by atoms with Crippen LogP contribution < -0.4 is 5.73 Å². The van der Waals surface area contributed by atoms with Gasteiger partial charge in [-0.15, -0.1) is 0 Å². The summed E-state index contributed by atoms with van der Waals surface area (Å²) in [6, 6.07) is 12.1. The molecule has 2 aromatic carbocycles. The minimum absolute atomic E-state index is 0.102. The van der Waals surface area contributed by atoms with Crippen molar-refractivity contribution in [1.82, 2.24) is 19.7 Å². The average Bonchev–Trinajstić information content (AvgIpc) is 3.24. The zero-order valence-electron chi connectivity index (χ0n) is 21.5. The Bertz CT molecular complexity index is 1200. The van der Waals surface area contributed by atoms with Crippen molar-refractivity contribution in [1.29, 1.82) is 0 Å². The third-order valence-corrected chi connectivity index (χ3v) is 6.33. The lowest BCUT2D eigenvalue weighted by Crippen LogP contribution is -2.47. The van der Waals surface area contributed by atoms with Gasteiger partial charge in [0.2, 0.25) is 0 Å². The molecule has 0 bridgehead atoms. The van der Waals surface area contributed by atoms with E-state index < -0.39 is 42.0 Å². The van der Waals surface area contributed by atoms with Crippen molar-refractivity contribution in [2.45, 2.75) is 58.8 Å². The van der Waals surface area contributed by atoms with E-state index in [-0.39, 0.29) is 23.8 Å². The van der Waals surface area contributed by atoms with E-state index in [1.165, 1.54) is 30.0 Å². The van der Waals surface area contributed by atoms with E-state index in [4.69, 9.17) is 22.3 Å². The standard InChI is InChI=1S/C27H34ClF2N5O2/c1-17(36)26(37)34(13-12-20(31)15-29)23(27(2,3)4)25-32-24(21-14-19(30)10-11-22(21)28)33-35(25)16-18-8-6-5-7-9-18/h5-11,14,17,20,23,36H,12-13,15-16,31H2,1-4H3/t17?,20?,23-/m0/s1. The molecule has 3 aromatic rings. The summed E-state index contributed by atoms with van der Waals surface area (Å²) in [5.41, 5.74) is 6.49. The number of carbonyl (C=O) groups is 1. The van der Waals surface area contributed by atoms with Gasteiger partial charge in [0.15, 0.2) is 11.6 Å². The van der Waals surface area contributed by atoms with Gasteiger partial charge in [-0.05, 0) is 42.5 Å². The molecule has 0 fully saturated rings. The molecule has 7 nitrogen and oxygen atoms in total. The van der Waals surface area contributed by atoms with Crippen LogP contribution in [0.25, 0.3) is 11.4 Å². The summed E-state index contributed by atoms with van der Waals surface area (Å²) < 4.78 is 29.0. The number of benzene rings is 2. The van der Waals surface area contributed by atoms with Gasteiger partial charge < -0.3 is 15.7 Å². The molecule has 2 unspecified atom stereocenters. The number of nitrogens with zero attached hydrogens (tertiary/aromatic N) is 4. The molecule has 0 aliphatic heterocycles. The molecule has 10 heteroatoms. The van der Waals surface area contributed by atoms with E-state index in [0.717, 1.165) is 5.56 Å². The van der Waals surface area contributed by atoms with E-state index in [1.54, 1.807) is 4.68 Å². The van der Waals surface area contributed by atoms with Crippen molar-refractivity contribution in [3.05, 3.63) is 70.8 Å². The number of aliphatic hydroxyl groups is 1. The van der Waals surface area contributed by atoms with E-state index >= 15 is 0 Å². The summed E-state index contributed by atoms with van der Waals surface area (Å²) in [6.45, 7) is 6.89. The van der Waals surface area contributed by atoms with Gasteiger partial charge in [-0.1, -0.05) is 62.7 Å². The largest absolute Gasteiger partial charge is 0.384 e. The number of hydrogen-bond acceptors (Lipinski definition) is 5. The van der Waals surface area contributed by atoms with Gasteiger partial charge >= 0.3 is 0 Å². The van der Waals surface area contributed by atoms with Gasteiger partial charge in [0.1, 0.15) is 18.6 Å². The lowest BCUT2D eigenvalue weighted by atomic mass is 9.84. The number of halogens is 3. The first-order valence-electron chi connectivity index (χ1n) is 12.2. The molecule has 1 heterocycles. The normalized spacial score (nSPS) is 14.3. The molecule has 0 aliphatic rings. The maximum Gasteiger partial charge on any atom is 0.251 e. The third kappa shape index (κ3) is 7.12. The predicted molar refractivity (Wildman–Crippen MR) is 140 cm³/mol. The van der Waals surface area contributed by atoms with Crippen LogP contribution in [0, 0.1) is 11.2 Å². The fourth-order valence-corrected chi connectivity index (χ4v) is 4.40. The van der Waals surface area contributed by atoms with Gasteiger partial charge in [-0.2, -0.15) is 5.10 Å². The number of alkyl halides is 1. The van der Waals surface area contributed by atoms with Crippen molar-refractivity contribution in [3.63, 3.8) is 0 Å². The molecular formula is C27H34ClF2N5O2. The van der Waals surface area contributed by atoms with E-state index in [0.29, 0.717) is 17.9 Å². The lowest BCUT2D eigenvalue weighted by molar-refractivity contribution is -0.145. The third-order valence-electron chi connectivity index (χ3n) is 6.00. The molecular weight excluding hydrogens is 500 g/mol. The summed E-state index contributed by atoms with van der Waals surface area (Å²) >= 11 is 6.37. The number of hydrogen-bond donors (Lipinski definition) is 2. The van der Waals surface area contributed by atoms with Crippen LogP contribution in [0.15, 0.2) is 48.5 Å². The number of aliphatic hydroxyl groups excluding tert-OH is 1. The summed E-state index contributed by atoms with van der Waals surface area (Å²) in [6.07, 6.45) is -1.11. The molecule has 0 saturated carbocycles. The second-order valence-electron chi connectivity index (χ2n) is 10.2. The van der Waals surface area contributed by atoms with E-state index in [1.807, 2.05) is 51.1 Å². The van der Waals surface area contributed by atoms with Crippen LogP contribution in [0.1, 0.15) is 51.5 Å². The maximum absolute atomic E-state index is 14.1. The fourth-order valence-electron chi connectivity index (χ4n) is 4.19. The molecule has 200 valence electrons. The highest BCUT2D eigenvalue weighted by molar-refractivity contribution is 6.33. The number of carbonyl (C=O) groups excluding carboxylic acids is 1. The van der Waals surface area contributed by atoms with Crippen LogP contribution in [0.2, 0.25) is 5.02 Å². The highest BCUT2D eigenvalue weighted by atomic mass is 35.5. The van der Waals surface area contributed by atoms with Crippen LogP contribution in [0.5, 0.6) is 0 Å². The average molecular weight is 534 g/mol. The minimum Gasteiger partial charge on any atom is -0.384 e. The van der Waals surface area contributed by atoms with Gasteiger partial charge in [0.05, 0.1) is 17.6 Å². The van der Waals surface area contributed by atoms with Crippen molar-refractivity contribution in [2.24, 2.45) is 11.1 Å². The second-order valence-corrected chi connectivity index (χ2v) is 10.6. The number of rotatable bonds is 10. The Morgan fingerprint density at radius 2 is 1.89 bits per heavy atom. The van der Waals surface area contributed by atoms with Crippen molar-refractivity contribution < 1.29 is 18.7 Å². The Hall–Kier alpha value is -2.88. The van der Waals surface area contributed by atoms with Crippen LogP contribution in [0.3, 0.4) is 0 Å². The molecule has 3 rings (SSSR count). The van der Waals surface area contributed by atoms with Gasteiger partial charge in [-0.25, -0.2) is 18.4 Å². The molecule has 0 saturated heterocycles. The summed E-state index contributed by atoms with van der Waals surface area (Å²) in [5.74, 6) is -0.395. The predicted octanol–water partition coefficient (Wildman–Crippen LogP) is 4.77. The number of nitrogens with two attached hydrogens (primary N) is 1. The monoisotopic (exact) mass is 533 g/mol. The molecule has 1 amide bonds. The highest BCUT2D eigenvalue weighted by Gasteiger charge is 2.40. The van der Waals surface area contributed by atoms with E-state index in [9.17, 15) is 18.7 Å². The SMILES string of the molecule is CC(O)C(=O)N(CCC(N)CF)[C@@H](c1nc(-c2cc(F)ccc2Cl)nn1Cc1ccccc1)C(C)(C)C. The fraction of sp³-hybridized carbons (Fsp3) is 0.444. The Morgan fingerprint density at radius 1 is 1.22 bits per heavy atom. The molecule has 0 aliphatic carbocycles. The van der Waals surface area contributed by atoms with Crippen molar-refractivity contribution >= 4 is 17.5 Å². The minimum atomic E-state index is -1.30. The highest BCUT2D eigenvalue weighted by Crippen LogP contribution is 2.39. The first-order chi connectivity index (χ1) is 17.4. The Kier molecular flexibility index (Phi) is 9.39. The molecule has 3 N–H and O–H groups in total.